The molecular weight excluding hydrogens is 346 g/mol. The van der Waals surface area contributed by atoms with Gasteiger partial charge in [-0.15, -0.1) is 0 Å². The van der Waals surface area contributed by atoms with Crippen LogP contribution in [0, 0.1) is 0 Å². The van der Waals surface area contributed by atoms with Gasteiger partial charge in [0.25, 0.3) is 0 Å². The van der Waals surface area contributed by atoms with Gasteiger partial charge in [-0.2, -0.15) is 9.97 Å². The second-order valence-electron chi connectivity index (χ2n) is 5.01. The summed E-state index contributed by atoms with van der Waals surface area (Å²) in [6.45, 7) is 6.11. The van der Waals surface area contributed by atoms with Gasteiger partial charge in [0.15, 0.2) is 0 Å². The van der Waals surface area contributed by atoms with Gasteiger partial charge >= 0.3 is 5.69 Å². The number of morpholine rings is 1. The Bertz CT molecular complexity index is 802. The Kier molecular flexibility index (Phi) is 6.67. The number of aromatic amines is 1. The number of halogens is 1. The molecule has 9 heteroatoms. The van der Waals surface area contributed by atoms with E-state index in [2.05, 4.69) is 21.5 Å². The molecule has 2 heterocycles. The van der Waals surface area contributed by atoms with Crippen LogP contribution in [0.2, 0.25) is 5.02 Å². The number of carbonyl (C=O) groups excluding carboxylic acids is 1. The molecule has 1 saturated heterocycles. The maximum atomic E-state index is 11.0. The first-order valence-corrected chi connectivity index (χ1v) is 7.86. The van der Waals surface area contributed by atoms with Gasteiger partial charge in [0.05, 0.1) is 13.2 Å². The Morgan fingerprint density at radius 1 is 1.36 bits per heavy atom. The van der Waals surface area contributed by atoms with E-state index in [4.69, 9.17) is 22.1 Å². The molecule has 3 N–H and O–H groups in total. The van der Waals surface area contributed by atoms with Crippen molar-refractivity contribution in [3.05, 3.63) is 52.4 Å². The Hall–Kier alpha value is -2.71. The largest absolute Gasteiger partial charge is 0.378 e. The SMILES string of the molecule is C=CC(=O)N1CCOCC1.Nc1nc(-c2cccc(Cl)c2)[nH]c(=O)n1. The highest BCUT2D eigenvalue weighted by atomic mass is 35.5. The van der Waals surface area contributed by atoms with Crippen molar-refractivity contribution in [2.24, 2.45) is 0 Å². The van der Waals surface area contributed by atoms with E-state index >= 15 is 0 Å². The highest BCUT2D eigenvalue weighted by molar-refractivity contribution is 6.30. The van der Waals surface area contributed by atoms with Crippen LogP contribution in [0.5, 0.6) is 0 Å². The van der Waals surface area contributed by atoms with Gasteiger partial charge in [0.2, 0.25) is 11.9 Å². The number of nitrogen functional groups attached to an aromatic ring is 1. The normalized spacial score (nSPS) is 13.6. The van der Waals surface area contributed by atoms with E-state index in [0.717, 1.165) is 0 Å². The summed E-state index contributed by atoms with van der Waals surface area (Å²) in [6, 6.07) is 6.94. The van der Waals surface area contributed by atoms with E-state index in [1.165, 1.54) is 6.08 Å². The highest BCUT2D eigenvalue weighted by Gasteiger charge is 2.12. The summed E-state index contributed by atoms with van der Waals surface area (Å²) >= 11 is 5.81. The van der Waals surface area contributed by atoms with Gasteiger partial charge in [-0.25, -0.2) is 4.79 Å². The van der Waals surface area contributed by atoms with Crippen LogP contribution in [-0.4, -0.2) is 52.1 Å². The fourth-order valence-electron chi connectivity index (χ4n) is 2.09. The van der Waals surface area contributed by atoms with Crippen LogP contribution in [0.25, 0.3) is 11.4 Å². The molecule has 0 atom stereocenters. The van der Waals surface area contributed by atoms with E-state index < -0.39 is 5.69 Å². The van der Waals surface area contributed by atoms with Gasteiger partial charge in [0.1, 0.15) is 5.82 Å². The first-order chi connectivity index (χ1) is 12.0. The van der Waals surface area contributed by atoms with E-state index in [1.807, 2.05) is 0 Å². The Morgan fingerprint density at radius 2 is 2.08 bits per heavy atom. The predicted octanol–water partition coefficient (Wildman–Crippen LogP) is 1.10. The molecule has 8 nitrogen and oxygen atoms in total. The smallest absolute Gasteiger partial charge is 0.349 e. The summed E-state index contributed by atoms with van der Waals surface area (Å²) in [7, 11) is 0. The van der Waals surface area contributed by atoms with Gasteiger partial charge in [-0.05, 0) is 18.2 Å². The summed E-state index contributed by atoms with van der Waals surface area (Å²) in [5.41, 5.74) is 5.52. The molecule has 1 amide bonds. The van der Waals surface area contributed by atoms with Crippen LogP contribution in [0.1, 0.15) is 0 Å². The number of hydrogen-bond acceptors (Lipinski definition) is 6. The molecule has 1 fully saturated rings. The average Bonchev–Trinajstić information content (AvgIpc) is 2.61. The quantitative estimate of drug-likeness (QED) is 0.772. The van der Waals surface area contributed by atoms with Crippen LogP contribution in [0.15, 0.2) is 41.7 Å². The number of H-pyrrole nitrogens is 1. The number of nitrogens with one attached hydrogen (secondary N) is 1. The van der Waals surface area contributed by atoms with Gasteiger partial charge in [0, 0.05) is 23.7 Å². The number of ether oxygens (including phenoxy) is 1. The van der Waals surface area contributed by atoms with Crippen molar-refractivity contribution in [1.29, 1.82) is 0 Å². The number of anilines is 1. The lowest BCUT2D eigenvalue weighted by Crippen LogP contribution is -2.39. The number of amides is 1. The van der Waals surface area contributed by atoms with E-state index in [0.29, 0.717) is 42.7 Å². The minimum atomic E-state index is -0.530. The number of benzene rings is 1. The zero-order chi connectivity index (χ0) is 18.2. The summed E-state index contributed by atoms with van der Waals surface area (Å²) in [4.78, 5) is 33.5. The third kappa shape index (κ3) is 5.70. The summed E-state index contributed by atoms with van der Waals surface area (Å²) < 4.78 is 5.07. The number of nitrogens with zero attached hydrogens (tertiary/aromatic N) is 3. The summed E-state index contributed by atoms with van der Waals surface area (Å²) in [5, 5.41) is 0.561. The van der Waals surface area contributed by atoms with Crippen molar-refractivity contribution in [3.63, 3.8) is 0 Å². The molecule has 0 radical (unpaired) electrons. The molecule has 1 aliphatic rings. The molecule has 1 aliphatic heterocycles. The Morgan fingerprint density at radius 3 is 2.68 bits per heavy atom. The second-order valence-corrected chi connectivity index (χ2v) is 5.45. The van der Waals surface area contributed by atoms with Crippen molar-refractivity contribution in [3.8, 4) is 11.4 Å². The Balaban J connectivity index is 0.000000196. The van der Waals surface area contributed by atoms with E-state index in [9.17, 15) is 9.59 Å². The van der Waals surface area contributed by atoms with Crippen molar-refractivity contribution in [2.45, 2.75) is 0 Å². The zero-order valence-corrected chi connectivity index (χ0v) is 14.2. The predicted molar refractivity (Wildman–Crippen MR) is 95.1 cm³/mol. The van der Waals surface area contributed by atoms with Crippen LogP contribution >= 0.6 is 11.6 Å². The van der Waals surface area contributed by atoms with Crippen LogP contribution in [-0.2, 0) is 9.53 Å². The van der Waals surface area contributed by atoms with E-state index in [1.54, 1.807) is 29.2 Å². The third-order valence-corrected chi connectivity index (χ3v) is 3.50. The molecule has 2 aromatic rings. The van der Waals surface area contributed by atoms with Crippen LogP contribution < -0.4 is 11.4 Å². The molecular formula is C16H18ClN5O3. The maximum Gasteiger partial charge on any atom is 0.349 e. The monoisotopic (exact) mass is 363 g/mol. The molecule has 25 heavy (non-hydrogen) atoms. The fraction of sp³-hybridized carbons (Fsp3) is 0.250. The number of hydrogen-bond donors (Lipinski definition) is 2. The summed E-state index contributed by atoms with van der Waals surface area (Å²) in [5.74, 6) is 0.298. The van der Waals surface area contributed by atoms with Gasteiger partial charge in [-0.3, -0.25) is 9.78 Å². The second kappa shape index (κ2) is 8.95. The van der Waals surface area contributed by atoms with Crippen molar-refractivity contribution in [1.82, 2.24) is 19.9 Å². The number of rotatable bonds is 2. The third-order valence-electron chi connectivity index (χ3n) is 3.26. The molecule has 1 aromatic heterocycles. The Labute approximate surface area is 149 Å². The number of nitrogens with two attached hydrogens (primary N) is 1. The van der Waals surface area contributed by atoms with Crippen LogP contribution in [0.3, 0.4) is 0 Å². The number of carbonyl (C=O) groups is 1. The van der Waals surface area contributed by atoms with Gasteiger partial charge < -0.3 is 15.4 Å². The molecule has 0 saturated carbocycles. The topological polar surface area (TPSA) is 114 Å². The first-order valence-electron chi connectivity index (χ1n) is 7.48. The minimum absolute atomic E-state index is 0.00306. The van der Waals surface area contributed by atoms with Crippen molar-refractivity contribution >= 4 is 23.5 Å². The van der Waals surface area contributed by atoms with Crippen molar-refractivity contribution in [2.75, 3.05) is 32.0 Å². The van der Waals surface area contributed by atoms with Crippen LogP contribution in [0.4, 0.5) is 5.95 Å². The molecule has 3 rings (SSSR count). The maximum absolute atomic E-state index is 11.0. The molecule has 0 spiro atoms. The lowest BCUT2D eigenvalue weighted by atomic mass is 10.2. The highest BCUT2D eigenvalue weighted by Crippen LogP contribution is 2.18. The molecule has 0 bridgehead atoms. The molecule has 0 unspecified atom stereocenters. The number of aromatic nitrogens is 3. The zero-order valence-electron chi connectivity index (χ0n) is 13.4. The molecule has 132 valence electrons. The standard InChI is InChI=1S/C9H7ClN4O.C7H11NO2/c10-6-3-1-2-5(4-6)7-12-8(11)14-9(15)13-7;1-2-7(9)8-3-5-10-6-4-8/h1-4H,(H3,11,12,13,14,15);2H,1,3-6H2. The van der Waals surface area contributed by atoms with E-state index in [-0.39, 0.29) is 11.9 Å². The molecule has 0 aliphatic carbocycles. The lowest BCUT2D eigenvalue weighted by Gasteiger charge is -2.25. The van der Waals surface area contributed by atoms with Crippen molar-refractivity contribution < 1.29 is 9.53 Å². The minimum Gasteiger partial charge on any atom is -0.378 e. The first kappa shape index (κ1) is 18.6. The molecule has 1 aromatic carbocycles. The lowest BCUT2D eigenvalue weighted by molar-refractivity contribution is -0.129. The van der Waals surface area contributed by atoms with Gasteiger partial charge in [-0.1, -0.05) is 30.3 Å². The average molecular weight is 364 g/mol. The fourth-order valence-corrected chi connectivity index (χ4v) is 2.28. The summed E-state index contributed by atoms with van der Waals surface area (Å²) in [6.07, 6.45) is 1.34.